The van der Waals surface area contributed by atoms with Gasteiger partial charge in [-0.15, -0.1) is 0 Å². The fourth-order valence-electron chi connectivity index (χ4n) is 1.92. The molecule has 1 aromatic rings. The molecule has 0 radical (unpaired) electrons. The van der Waals surface area contributed by atoms with Crippen LogP contribution in [-0.2, 0) is 4.74 Å². The van der Waals surface area contributed by atoms with Crippen molar-refractivity contribution >= 4 is 5.82 Å². The highest BCUT2D eigenvalue weighted by atomic mass is 16.5. The Balaban J connectivity index is 2.23. The maximum atomic E-state index is 11.8. The summed E-state index contributed by atoms with van der Waals surface area (Å²) in [6, 6.07) is 1.70. The maximum Gasteiger partial charge on any atom is 0.351 e. The topological polar surface area (TPSA) is 87.8 Å². The molecule has 0 aliphatic carbocycles. The molecule has 7 nitrogen and oxygen atoms in total. The van der Waals surface area contributed by atoms with Crippen LogP contribution in [0.25, 0.3) is 0 Å². The lowest BCUT2D eigenvalue weighted by molar-refractivity contribution is -0.0458. The molecule has 1 aliphatic heterocycles. The van der Waals surface area contributed by atoms with Crippen LogP contribution < -0.4 is 10.6 Å². The van der Waals surface area contributed by atoms with Crippen molar-refractivity contribution in [2.75, 3.05) is 25.6 Å². The Morgan fingerprint density at radius 3 is 2.83 bits per heavy atom. The predicted molar refractivity (Wildman–Crippen MR) is 64.4 cm³/mol. The van der Waals surface area contributed by atoms with Crippen LogP contribution in [0.5, 0.6) is 0 Å². The average Bonchev–Trinajstić information content (AvgIpc) is 2.70. The Kier molecular flexibility index (Phi) is 3.65. The van der Waals surface area contributed by atoms with Gasteiger partial charge in [-0.05, 0) is 6.07 Å². The predicted octanol–water partition coefficient (Wildman–Crippen LogP) is -1.05. The number of nitrogens with zero attached hydrogens (tertiary/aromatic N) is 3. The van der Waals surface area contributed by atoms with Crippen molar-refractivity contribution in [1.82, 2.24) is 9.55 Å². The summed E-state index contributed by atoms with van der Waals surface area (Å²) < 4.78 is 6.72. The van der Waals surface area contributed by atoms with Gasteiger partial charge in [-0.2, -0.15) is 4.98 Å². The van der Waals surface area contributed by atoms with Crippen molar-refractivity contribution in [3.63, 3.8) is 0 Å². The van der Waals surface area contributed by atoms with E-state index in [-0.39, 0.29) is 13.0 Å². The molecule has 0 aromatic carbocycles. The van der Waals surface area contributed by atoms with Gasteiger partial charge in [-0.3, -0.25) is 4.57 Å². The summed E-state index contributed by atoms with van der Waals surface area (Å²) in [6.45, 7) is -0.268. The first-order valence-electron chi connectivity index (χ1n) is 5.74. The van der Waals surface area contributed by atoms with Crippen LogP contribution in [0.1, 0.15) is 12.6 Å². The summed E-state index contributed by atoms with van der Waals surface area (Å²) in [6.07, 6.45) is -0.125. The second-order valence-corrected chi connectivity index (χ2v) is 4.48. The second-order valence-electron chi connectivity index (χ2n) is 4.48. The van der Waals surface area contributed by atoms with Crippen molar-refractivity contribution in [3.8, 4) is 0 Å². The minimum Gasteiger partial charge on any atom is -0.394 e. The van der Waals surface area contributed by atoms with Crippen molar-refractivity contribution in [3.05, 3.63) is 22.7 Å². The molecular weight excluding hydrogens is 238 g/mol. The number of ether oxygens (including phenoxy) is 1. The van der Waals surface area contributed by atoms with Crippen molar-refractivity contribution < 1.29 is 14.9 Å². The number of aromatic nitrogens is 2. The Morgan fingerprint density at radius 1 is 1.61 bits per heavy atom. The van der Waals surface area contributed by atoms with Crippen LogP contribution >= 0.6 is 0 Å². The zero-order valence-electron chi connectivity index (χ0n) is 10.4. The van der Waals surface area contributed by atoms with Crippen molar-refractivity contribution in [2.45, 2.75) is 24.9 Å². The molecule has 0 saturated carbocycles. The van der Waals surface area contributed by atoms with E-state index < -0.39 is 24.1 Å². The standard InChI is InChI=1S/C11H17N3O4/c1-13(2)9-3-4-14(11(17)12-9)10-5-7(16)8(6-15)18-10/h3-4,7-8,10,15-16H,5-6H2,1-2H3/t7-,8+,10-/m1/s1. The second kappa shape index (κ2) is 5.05. The fourth-order valence-corrected chi connectivity index (χ4v) is 1.92. The quantitative estimate of drug-likeness (QED) is 0.716. The molecule has 2 rings (SSSR count). The molecule has 0 unspecified atom stereocenters. The number of hydrogen-bond donors (Lipinski definition) is 2. The highest BCUT2D eigenvalue weighted by molar-refractivity contribution is 5.33. The number of hydrogen-bond acceptors (Lipinski definition) is 6. The van der Waals surface area contributed by atoms with Crippen LogP contribution in [0.15, 0.2) is 17.1 Å². The summed E-state index contributed by atoms with van der Waals surface area (Å²) in [5.74, 6) is 0.563. The van der Waals surface area contributed by atoms with E-state index in [0.29, 0.717) is 5.82 Å². The lowest BCUT2D eigenvalue weighted by Crippen LogP contribution is -2.29. The number of rotatable bonds is 3. The van der Waals surface area contributed by atoms with E-state index >= 15 is 0 Å². The van der Waals surface area contributed by atoms with Gasteiger partial charge in [0.1, 0.15) is 18.1 Å². The first kappa shape index (κ1) is 13.0. The van der Waals surface area contributed by atoms with E-state index in [1.807, 2.05) is 0 Å². The summed E-state index contributed by atoms with van der Waals surface area (Å²) in [5, 5.41) is 18.6. The largest absolute Gasteiger partial charge is 0.394 e. The molecule has 2 N–H and O–H groups in total. The Labute approximate surface area is 104 Å². The van der Waals surface area contributed by atoms with E-state index in [1.165, 1.54) is 4.57 Å². The third kappa shape index (κ3) is 2.38. The third-order valence-electron chi connectivity index (χ3n) is 2.97. The van der Waals surface area contributed by atoms with Crippen LogP contribution in [-0.4, -0.2) is 52.7 Å². The van der Waals surface area contributed by atoms with Crippen molar-refractivity contribution in [2.24, 2.45) is 0 Å². The average molecular weight is 255 g/mol. The smallest absolute Gasteiger partial charge is 0.351 e. The minimum atomic E-state index is -0.763. The Hall–Kier alpha value is -1.44. The number of aliphatic hydroxyl groups excluding tert-OH is 2. The summed E-state index contributed by atoms with van der Waals surface area (Å²) in [7, 11) is 3.59. The Morgan fingerprint density at radius 2 is 2.33 bits per heavy atom. The molecule has 100 valence electrons. The monoisotopic (exact) mass is 255 g/mol. The van der Waals surface area contributed by atoms with Gasteiger partial charge >= 0.3 is 5.69 Å². The molecule has 0 bridgehead atoms. The molecule has 1 aromatic heterocycles. The molecule has 0 spiro atoms. The van der Waals surface area contributed by atoms with Crippen LogP contribution in [0.2, 0.25) is 0 Å². The first-order valence-corrected chi connectivity index (χ1v) is 5.74. The molecule has 7 heteroatoms. The van der Waals surface area contributed by atoms with E-state index in [2.05, 4.69) is 4.98 Å². The van der Waals surface area contributed by atoms with E-state index in [1.54, 1.807) is 31.3 Å². The van der Waals surface area contributed by atoms with Gasteiger partial charge < -0.3 is 19.8 Å². The highest BCUT2D eigenvalue weighted by Gasteiger charge is 2.34. The normalized spacial score (nSPS) is 27.4. The van der Waals surface area contributed by atoms with Crippen molar-refractivity contribution in [1.29, 1.82) is 0 Å². The van der Waals surface area contributed by atoms with E-state index in [4.69, 9.17) is 9.84 Å². The summed E-state index contributed by atoms with van der Waals surface area (Å²) >= 11 is 0. The number of aliphatic hydroxyl groups is 2. The first-order chi connectivity index (χ1) is 8.52. The van der Waals surface area contributed by atoms with Gasteiger partial charge in [0.15, 0.2) is 0 Å². The zero-order chi connectivity index (χ0) is 13.3. The molecule has 18 heavy (non-hydrogen) atoms. The molecule has 1 fully saturated rings. The molecule has 2 heterocycles. The highest BCUT2D eigenvalue weighted by Crippen LogP contribution is 2.27. The number of anilines is 1. The van der Waals surface area contributed by atoms with Crippen LogP contribution in [0.4, 0.5) is 5.82 Å². The van der Waals surface area contributed by atoms with Crippen LogP contribution in [0, 0.1) is 0 Å². The molecule has 1 aliphatic rings. The van der Waals surface area contributed by atoms with Gasteiger partial charge in [0, 0.05) is 26.7 Å². The van der Waals surface area contributed by atoms with Gasteiger partial charge in [-0.1, -0.05) is 0 Å². The van der Waals surface area contributed by atoms with Gasteiger partial charge in [0.25, 0.3) is 0 Å². The molecule has 0 amide bonds. The lowest BCUT2D eigenvalue weighted by Gasteiger charge is -2.16. The third-order valence-corrected chi connectivity index (χ3v) is 2.97. The molecule has 3 atom stereocenters. The Bertz CT molecular complexity index is 474. The van der Waals surface area contributed by atoms with Gasteiger partial charge in [-0.25, -0.2) is 4.79 Å². The SMILES string of the molecule is CN(C)c1ccn([C@H]2C[C@@H](O)[C@H](CO)O2)c(=O)n1. The minimum absolute atomic E-state index is 0.268. The van der Waals surface area contributed by atoms with Crippen LogP contribution in [0.3, 0.4) is 0 Å². The fraction of sp³-hybridized carbons (Fsp3) is 0.636. The molecular formula is C11H17N3O4. The van der Waals surface area contributed by atoms with Gasteiger partial charge in [0.2, 0.25) is 0 Å². The van der Waals surface area contributed by atoms with Gasteiger partial charge in [0.05, 0.1) is 12.7 Å². The summed E-state index contributed by atoms with van der Waals surface area (Å²) in [4.78, 5) is 17.5. The zero-order valence-corrected chi connectivity index (χ0v) is 10.4. The molecule has 1 saturated heterocycles. The van der Waals surface area contributed by atoms with E-state index in [0.717, 1.165) is 0 Å². The summed E-state index contributed by atoms with van der Waals surface area (Å²) in [5.41, 5.74) is -0.433. The maximum absolute atomic E-state index is 11.8. The lowest BCUT2D eigenvalue weighted by atomic mass is 10.2. The van der Waals surface area contributed by atoms with E-state index in [9.17, 15) is 9.90 Å².